The van der Waals surface area contributed by atoms with Gasteiger partial charge in [0.2, 0.25) is 15.9 Å². The highest BCUT2D eigenvalue weighted by Crippen LogP contribution is 2.25. The molecular formula is C19H18F2N2O5S. The second-order valence-electron chi connectivity index (χ2n) is 5.85. The zero-order valence-corrected chi connectivity index (χ0v) is 16.2. The largest absolute Gasteiger partial charge is 0.497 e. The number of sulfonamides is 1. The Kier molecular flexibility index (Phi) is 6.45. The fourth-order valence-corrected chi connectivity index (χ4v) is 3.71. The van der Waals surface area contributed by atoms with Crippen LogP contribution < -0.4 is 14.2 Å². The van der Waals surface area contributed by atoms with E-state index in [-0.39, 0.29) is 17.9 Å². The molecule has 154 valence electrons. The van der Waals surface area contributed by atoms with Gasteiger partial charge in [0.1, 0.15) is 22.7 Å². The third kappa shape index (κ3) is 5.30. The number of alkyl halides is 2. The van der Waals surface area contributed by atoms with E-state index in [2.05, 4.69) is 14.4 Å². The molecule has 3 aromatic rings. The van der Waals surface area contributed by atoms with Crippen molar-refractivity contribution >= 4 is 10.0 Å². The van der Waals surface area contributed by atoms with E-state index < -0.39 is 22.4 Å². The van der Waals surface area contributed by atoms with Crippen molar-refractivity contribution < 1.29 is 31.1 Å². The Hall–Kier alpha value is -2.98. The summed E-state index contributed by atoms with van der Waals surface area (Å²) in [7, 11) is -2.47. The second-order valence-corrected chi connectivity index (χ2v) is 7.58. The first-order valence-electron chi connectivity index (χ1n) is 8.51. The highest BCUT2D eigenvalue weighted by atomic mass is 32.2. The number of aromatic nitrogens is 1. The van der Waals surface area contributed by atoms with Gasteiger partial charge >= 0.3 is 6.61 Å². The summed E-state index contributed by atoms with van der Waals surface area (Å²) in [5.74, 6) is 0.672. The number of methoxy groups -OCH3 is 1. The Bertz CT molecular complexity index is 1050. The maximum absolute atomic E-state index is 12.5. The van der Waals surface area contributed by atoms with Crippen molar-refractivity contribution in [1.29, 1.82) is 0 Å². The molecule has 1 aromatic heterocycles. The quantitative estimate of drug-likeness (QED) is 0.566. The van der Waals surface area contributed by atoms with E-state index in [4.69, 9.17) is 9.15 Å². The van der Waals surface area contributed by atoms with Gasteiger partial charge in [0.25, 0.3) is 0 Å². The van der Waals surface area contributed by atoms with E-state index in [0.717, 1.165) is 5.56 Å². The molecule has 0 atom stereocenters. The summed E-state index contributed by atoms with van der Waals surface area (Å²) >= 11 is 0. The molecule has 0 spiro atoms. The maximum Gasteiger partial charge on any atom is 0.387 e. The first kappa shape index (κ1) is 20.7. The summed E-state index contributed by atoms with van der Waals surface area (Å²) in [6, 6.07) is 12.3. The smallest absolute Gasteiger partial charge is 0.387 e. The number of nitrogens with one attached hydrogen (secondary N) is 1. The van der Waals surface area contributed by atoms with Crippen LogP contribution in [0.2, 0.25) is 0 Å². The van der Waals surface area contributed by atoms with E-state index >= 15 is 0 Å². The minimum absolute atomic E-state index is 0.0000674. The molecule has 29 heavy (non-hydrogen) atoms. The van der Waals surface area contributed by atoms with Crippen LogP contribution >= 0.6 is 0 Å². The molecule has 10 heteroatoms. The predicted octanol–water partition coefficient (Wildman–Crippen LogP) is 3.47. The average Bonchev–Trinajstić information content (AvgIpc) is 3.16. The molecule has 0 radical (unpaired) electrons. The second kappa shape index (κ2) is 9.01. The van der Waals surface area contributed by atoms with Gasteiger partial charge in [-0.25, -0.2) is 18.1 Å². The number of rotatable bonds is 9. The van der Waals surface area contributed by atoms with Gasteiger partial charge in [-0.05, 0) is 36.4 Å². The van der Waals surface area contributed by atoms with Crippen LogP contribution in [-0.2, 0) is 16.4 Å². The number of nitrogens with zero attached hydrogens (tertiary/aromatic N) is 1. The van der Waals surface area contributed by atoms with Crippen molar-refractivity contribution in [1.82, 2.24) is 9.71 Å². The molecule has 0 aliphatic heterocycles. The Balaban J connectivity index is 1.63. The molecule has 2 aromatic carbocycles. The summed E-state index contributed by atoms with van der Waals surface area (Å²) in [6.07, 6.45) is 1.68. The number of hydrogen-bond acceptors (Lipinski definition) is 6. The molecule has 0 unspecified atom stereocenters. The first-order valence-corrected chi connectivity index (χ1v) is 9.99. The lowest BCUT2D eigenvalue weighted by Gasteiger charge is -2.11. The fourth-order valence-electron chi connectivity index (χ4n) is 2.54. The zero-order chi connectivity index (χ0) is 20.9. The molecule has 1 heterocycles. The van der Waals surface area contributed by atoms with Crippen LogP contribution in [0.15, 0.2) is 64.1 Å². The van der Waals surface area contributed by atoms with E-state index in [0.29, 0.717) is 17.3 Å². The Labute approximate surface area is 166 Å². The van der Waals surface area contributed by atoms with Crippen LogP contribution in [0.25, 0.3) is 11.5 Å². The third-order valence-corrected chi connectivity index (χ3v) is 5.42. The molecule has 0 saturated heterocycles. The van der Waals surface area contributed by atoms with E-state index in [1.165, 1.54) is 30.5 Å². The molecule has 0 aliphatic carbocycles. The normalized spacial score (nSPS) is 11.6. The number of hydrogen-bond donors (Lipinski definition) is 1. The Morgan fingerprint density at radius 3 is 2.55 bits per heavy atom. The zero-order valence-electron chi connectivity index (χ0n) is 15.3. The minimum Gasteiger partial charge on any atom is -0.497 e. The van der Waals surface area contributed by atoms with E-state index in [1.54, 1.807) is 31.4 Å². The van der Waals surface area contributed by atoms with Crippen molar-refractivity contribution in [2.45, 2.75) is 17.9 Å². The Morgan fingerprint density at radius 2 is 1.86 bits per heavy atom. The molecular weight excluding hydrogens is 406 g/mol. The molecule has 0 fully saturated rings. The van der Waals surface area contributed by atoms with Crippen molar-refractivity contribution in [2.24, 2.45) is 0 Å². The van der Waals surface area contributed by atoms with Crippen molar-refractivity contribution in [2.75, 3.05) is 13.7 Å². The van der Waals surface area contributed by atoms with Gasteiger partial charge in [0.05, 0.1) is 12.8 Å². The lowest BCUT2D eigenvalue weighted by Crippen LogP contribution is -2.26. The molecule has 0 bridgehead atoms. The lowest BCUT2D eigenvalue weighted by atomic mass is 10.2. The highest BCUT2D eigenvalue weighted by Gasteiger charge is 2.21. The maximum atomic E-state index is 12.5. The van der Waals surface area contributed by atoms with Crippen LogP contribution in [0, 0.1) is 0 Å². The predicted molar refractivity (Wildman–Crippen MR) is 100 cm³/mol. The van der Waals surface area contributed by atoms with Gasteiger partial charge in [-0.3, -0.25) is 0 Å². The van der Waals surface area contributed by atoms with Crippen LogP contribution in [0.3, 0.4) is 0 Å². The topological polar surface area (TPSA) is 90.7 Å². The van der Waals surface area contributed by atoms with Crippen LogP contribution in [0.5, 0.6) is 11.5 Å². The molecule has 0 aliphatic rings. The van der Waals surface area contributed by atoms with Crippen LogP contribution in [0.1, 0.15) is 5.69 Å². The summed E-state index contributed by atoms with van der Waals surface area (Å²) in [4.78, 5) is 3.96. The van der Waals surface area contributed by atoms with Crippen molar-refractivity contribution in [3.8, 4) is 23.0 Å². The SMILES string of the molecule is COc1ccc(-c2nc(CCNS(=O)(=O)c3ccccc3OC(F)F)co2)cc1. The number of oxazole rings is 1. The van der Waals surface area contributed by atoms with Gasteiger partial charge in [-0.2, -0.15) is 8.78 Å². The summed E-state index contributed by atoms with van der Waals surface area (Å²) in [6.45, 7) is -3.13. The van der Waals surface area contributed by atoms with Gasteiger partial charge in [-0.15, -0.1) is 0 Å². The van der Waals surface area contributed by atoms with Gasteiger partial charge in [0.15, 0.2) is 0 Å². The van der Waals surface area contributed by atoms with Gasteiger partial charge in [0, 0.05) is 18.5 Å². The summed E-state index contributed by atoms with van der Waals surface area (Å²) in [5, 5.41) is 0. The lowest BCUT2D eigenvalue weighted by molar-refractivity contribution is -0.0517. The first-order chi connectivity index (χ1) is 13.9. The monoisotopic (exact) mass is 424 g/mol. The summed E-state index contributed by atoms with van der Waals surface area (Å²) in [5.41, 5.74) is 1.28. The average molecular weight is 424 g/mol. The van der Waals surface area contributed by atoms with Crippen molar-refractivity contribution in [3.63, 3.8) is 0 Å². The van der Waals surface area contributed by atoms with Crippen LogP contribution in [-0.4, -0.2) is 33.7 Å². The third-order valence-electron chi connectivity index (χ3n) is 3.92. The van der Waals surface area contributed by atoms with Gasteiger partial charge in [-0.1, -0.05) is 12.1 Å². The summed E-state index contributed by atoms with van der Waals surface area (Å²) < 4.78 is 67.0. The van der Waals surface area contributed by atoms with Crippen molar-refractivity contribution in [3.05, 3.63) is 60.5 Å². The number of benzene rings is 2. The molecule has 0 saturated carbocycles. The number of para-hydroxylation sites is 1. The fraction of sp³-hybridized carbons (Fsp3) is 0.211. The van der Waals surface area contributed by atoms with E-state index in [1.807, 2.05) is 0 Å². The highest BCUT2D eigenvalue weighted by molar-refractivity contribution is 7.89. The number of halogens is 2. The minimum atomic E-state index is -4.04. The van der Waals surface area contributed by atoms with Gasteiger partial charge < -0.3 is 13.9 Å². The molecule has 1 N–H and O–H groups in total. The Morgan fingerprint density at radius 1 is 1.14 bits per heavy atom. The molecule has 3 rings (SSSR count). The van der Waals surface area contributed by atoms with Crippen LogP contribution in [0.4, 0.5) is 8.78 Å². The van der Waals surface area contributed by atoms with E-state index in [9.17, 15) is 17.2 Å². The molecule has 0 amide bonds. The standard InChI is InChI=1S/C19H18F2N2O5S/c1-26-15-8-6-13(7-9-15)18-23-14(12-27-18)10-11-22-29(24,25)17-5-3-2-4-16(17)28-19(20)21/h2-9,12,19,22H,10-11H2,1H3. The number of ether oxygens (including phenoxy) is 2. The molecule has 7 nitrogen and oxygen atoms in total.